The second kappa shape index (κ2) is 7.48. The smallest absolute Gasteiger partial charge is 0.113 e. The van der Waals surface area contributed by atoms with Gasteiger partial charge >= 0.3 is 0 Å². The molecule has 3 N–H and O–H groups in total. The molecule has 0 radical (unpaired) electrons. The van der Waals surface area contributed by atoms with Crippen LogP contribution in [0.2, 0.25) is 5.02 Å². The minimum Gasteiger partial charge on any atom is -0.391 e. The third-order valence-electron chi connectivity index (χ3n) is 4.89. The van der Waals surface area contributed by atoms with Crippen molar-refractivity contribution in [1.82, 2.24) is 20.5 Å². The summed E-state index contributed by atoms with van der Waals surface area (Å²) in [6, 6.07) is 12.2. The van der Waals surface area contributed by atoms with E-state index < -0.39 is 5.66 Å². The normalized spacial score (nSPS) is 19.3. The van der Waals surface area contributed by atoms with Crippen molar-refractivity contribution in [2.75, 3.05) is 21.1 Å². The maximum atomic E-state index is 6.23. The van der Waals surface area contributed by atoms with Crippen LogP contribution in [-0.4, -0.2) is 31.4 Å². The van der Waals surface area contributed by atoms with Gasteiger partial charge in [0.15, 0.2) is 0 Å². The molecule has 1 aliphatic carbocycles. The van der Waals surface area contributed by atoms with E-state index in [4.69, 9.17) is 11.6 Å². The fourth-order valence-corrected chi connectivity index (χ4v) is 3.68. The van der Waals surface area contributed by atoms with Crippen molar-refractivity contribution in [3.63, 3.8) is 0 Å². The molecule has 132 valence electrons. The first-order chi connectivity index (χ1) is 12.1. The number of likely N-dealkylation sites (N-methyl/N-ethyl adjacent to an activating group) is 3. The largest absolute Gasteiger partial charge is 0.391 e. The molecule has 1 heterocycles. The molecule has 1 unspecified atom stereocenters. The Hall–Kier alpha value is -2.01. The summed E-state index contributed by atoms with van der Waals surface area (Å²) in [5.74, 6) is 0.143. The predicted molar refractivity (Wildman–Crippen MR) is 105 cm³/mol. The Bertz CT molecular complexity index is 773. The Morgan fingerprint density at radius 2 is 1.80 bits per heavy atom. The van der Waals surface area contributed by atoms with Gasteiger partial charge in [-0.3, -0.25) is 10.6 Å². The Balaban J connectivity index is 2.06. The van der Waals surface area contributed by atoms with Crippen LogP contribution in [0.3, 0.4) is 0 Å². The predicted octanol–water partition coefficient (Wildman–Crippen LogP) is 3.10. The number of allylic oxidation sites excluding steroid dienone is 1. The van der Waals surface area contributed by atoms with Crippen LogP contribution in [0, 0.1) is 0 Å². The first kappa shape index (κ1) is 17.8. The van der Waals surface area contributed by atoms with Gasteiger partial charge in [-0.1, -0.05) is 29.8 Å². The number of nitrogens with zero attached hydrogens (tertiary/aromatic N) is 1. The van der Waals surface area contributed by atoms with E-state index in [1.807, 2.05) is 51.5 Å². The van der Waals surface area contributed by atoms with Crippen molar-refractivity contribution >= 4 is 11.6 Å². The highest BCUT2D eigenvalue weighted by Gasteiger charge is 2.35. The Labute approximate surface area is 154 Å². The van der Waals surface area contributed by atoms with E-state index >= 15 is 0 Å². The van der Waals surface area contributed by atoms with E-state index in [0.717, 1.165) is 17.3 Å². The molecule has 2 aromatic rings. The van der Waals surface area contributed by atoms with Crippen LogP contribution in [0.4, 0.5) is 0 Å². The van der Waals surface area contributed by atoms with Crippen LogP contribution < -0.4 is 16.0 Å². The Morgan fingerprint density at radius 3 is 2.40 bits per heavy atom. The maximum absolute atomic E-state index is 6.23. The van der Waals surface area contributed by atoms with Gasteiger partial charge < -0.3 is 9.88 Å². The molecule has 0 bridgehead atoms. The lowest BCUT2D eigenvalue weighted by Gasteiger charge is -2.39. The molecule has 0 saturated carbocycles. The van der Waals surface area contributed by atoms with Gasteiger partial charge in [-0.2, -0.15) is 0 Å². The summed E-state index contributed by atoms with van der Waals surface area (Å²) in [7, 11) is 5.91. The van der Waals surface area contributed by atoms with E-state index in [2.05, 4.69) is 51.1 Å². The van der Waals surface area contributed by atoms with Crippen molar-refractivity contribution in [2.45, 2.75) is 18.1 Å². The topological polar surface area (TPSA) is 41.0 Å². The Kier molecular flexibility index (Phi) is 5.33. The van der Waals surface area contributed by atoms with Gasteiger partial charge in [0, 0.05) is 42.6 Å². The summed E-state index contributed by atoms with van der Waals surface area (Å²) in [6.45, 7) is 0.805. The molecular formula is C20H25ClN4. The summed E-state index contributed by atoms with van der Waals surface area (Å²) in [4.78, 5) is 0. The van der Waals surface area contributed by atoms with Gasteiger partial charge in [-0.15, -0.1) is 0 Å². The third kappa shape index (κ3) is 3.52. The molecule has 1 aromatic heterocycles. The molecule has 1 aromatic carbocycles. The number of benzene rings is 1. The molecular weight excluding hydrogens is 332 g/mol. The minimum absolute atomic E-state index is 0.143. The van der Waals surface area contributed by atoms with Crippen LogP contribution in [0.1, 0.15) is 11.5 Å². The van der Waals surface area contributed by atoms with E-state index in [-0.39, 0.29) is 5.92 Å². The van der Waals surface area contributed by atoms with E-state index in [9.17, 15) is 0 Å². The van der Waals surface area contributed by atoms with Crippen molar-refractivity contribution in [3.05, 3.63) is 82.8 Å². The lowest BCUT2D eigenvalue weighted by atomic mass is 9.82. The highest BCUT2D eigenvalue weighted by atomic mass is 35.5. The molecule has 5 heteroatoms. The highest BCUT2D eigenvalue weighted by Crippen LogP contribution is 2.35. The molecule has 0 spiro atoms. The van der Waals surface area contributed by atoms with Gasteiger partial charge in [0.25, 0.3) is 0 Å². The lowest BCUT2D eigenvalue weighted by molar-refractivity contribution is 0.403. The van der Waals surface area contributed by atoms with E-state index in [1.54, 1.807) is 0 Å². The Morgan fingerprint density at radius 1 is 1.08 bits per heavy atom. The number of halogens is 1. The number of hydrogen-bond donors (Lipinski definition) is 3. The quantitative estimate of drug-likeness (QED) is 0.550. The molecule has 0 fully saturated rings. The molecule has 25 heavy (non-hydrogen) atoms. The monoisotopic (exact) mass is 356 g/mol. The molecule has 0 amide bonds. The summed E-state index contributed by atoms with van der Waals surface area (Å²) < 4.78 is 2.18. The van der Waals surface area contributed by atoms with Crippen LogP contribution in [0.25, 0.3) is 0 Å². The molecule has 1 aliphatic rings. The van der Waals surface area contributed by atoms with Gasteiger partial charge in [0.1, 0.15) is 5.66 Å². The molecule has 4 nitrogen and oxygen atoms in total. The number of nitrogens with one attached hydrogen (secondary N) is 3. The SMILES string of the molecule is CNC1=CC(NC)(NC)C(Cn2cccc2)=CC1c1cccc(Cl)c1. The molecule has 3 rings (SSSR count). The zero-order valence-electron chi connectivity index (χ0n) is 14.9. The van der Waals surface area contributed by atoms with Crippen LogP contribution in [0.5, 0.6) is 0 Å². The average molecular weight is 357 g/mol. The highest BCUT2D eigenvalue weighted by molar-refractivity contribution is 6.30. The summed E-state index contributed by atoms with van der Waals surface area (Å²) in [5, 5.41) is 11.0. The third-order valence-corrected chi connectivity index (χ3v) is 5.12. The minimum atomic E-state index is -0.391. The number of rotatable bonds is 6. The molecule has 1 atom stereocenters. The van der Waals surface area contributed by atoms with Crippen molar-refractivity contribution in [3.8, 4) is 0 Å². The van der Waals surface area contributed by atoms with Crippen LogP contribution in [-0.2, 0) is 6.54 Å². The van der Waals surface area contributed by atoms with E-state index in [0.29, 0.717) is 0 Å². The molecule has 0 saturated heterocycles. The van der Waals surface area contributed by atoms with Crippen LogP contribution in [0.15, 0.2) is 72.2 Å². The second-order valence-electron chi connectivity index (χ2n) is 6.24. The summed E-state index contributed by atoms with van der Waals surface area (Å²) in [5.41, 5.74) is 3.19. The fourth-order valence-electron chi connectivity index (χ4n) is 3.48. The van der Waals surface area contributed by atoms with Gasteiger partial charge in [0.05, 0.1) is 0 Å². The van der Waals surface area contributed by atoms with E-state index in [1.165, 1.54) is 11.1 Å². The standard InChI is InChI=1S/C20H25ClN4/c1-22-19-13-20(23-2,24-3)16(14-25-9-4-5-10-25)12-18(19)15-7-6-8-17(21)11-15/h4-13,18,22-24H,14H2,1-3H3. The van der Waals surface area contributed by atoms with Crippen LogP contribution >= 0.6 is 11.6 Å². The lowest BCUT2D eigenvalue weighted by Crippen LogP contribution is -2.56. The number of hydrogen-bond acceptors (Lipinski definition) is 3. The van der Waals surface area contributed by atoms with Crippen molar-refractivity contribution in [1.29, 1.82) is 0 Å². The van der Waals surface area contributed by atoms with Gasteiger partial charge in [-0.05, 0) is 55.6 Å². The first-order valence-corrected chi connectivity index (χ1v) is 8.85. The van der Waals surface area contributed by atoms with Crippen molar-refractivity contribution in [2.24, 2.45) is 0 Å². The number of aromatic nitrogens is 1. The second-order valence-corrected chi connectivity index (χ2v) is 6.67. The first-order valence-electron chi connectivity index (χ1n) is 8.47. The molecule has 0 aliphatic heterocycles. The summed E-state index contributed by atoms with van der Waals surface area (Å²) in [6.07, 6.45) is 8.73. The zero-order valence-corrected chi connectivity index (χ0v) is 15.6. The average Bonchev–Trinajstić information content (AvgIpc) is 3.14. The van der Waals surface area contributed by atoms with Gasteiger partial charge in [0.2, 0.25) is 0 Å². The zero-order chi connectivity index (χ0) is 17.9. The van der Waals surface area contributed by atoms with Crippen molar-refractivity contribution < 1.29 is 0 Å². The maximum Gasteiger partial charge on any atom is 0.113 e. The summed E-state index contributed by atoms with van der Waals surface area (Å²) >= 11 is 6.23. The van der Waals surface area contributed by atoms with Gasteiger partial charge in [-0.25, -0.2) is 0 Å². The fraction of sp³-hybridized carbons (Fsp3) is 0.300.